The summed E-state index contributed by atoms with van der Waals surface area (Å²) in [6, 6.07) is 5.14. The summed E-state index contributed by atoms with van der Waals surface area (Å²) in [5.74, 6) is 0.471. The first kappa shape index (κ1) is 16.5. The lowest BCUT2D eigenvalue weighted by Crippen LogP contribution is -2.38. The van der Waals surface area contributed by atoms with Crippen LogP contribution < -0.4 is 10.1 Å². The van der Waals surface area contributed by atoms with Crippen LogP contribution in [0.1, 0.15) is 6.92 Å². The van der Waals surface area contributed by atoms with Crippen LogP contribution in [0.15, 0.2) is 18.2 Å². The highest BCUT2D eigenvalue weighted by Gasteiger charge is 2.09. The van der Waals surface area contributed by atoms with E-state index in [0.717, 1.165) is 0 Å². The maximum atomic E-state index is 9.78. The molecule has 0 unspecified atom stereocenters. The Morgan fingerprint density at radius 2 is 2.05 bits per heavy atom. The zero-order valence-corrected chi connectivity index (χ0v) is 12.5. The number of benzene rings is 1. The number of hydrogen-bond acceptors (Lipinski definition) is 4. The van der Waals surface area contributed by atoms with Crippen molar-refractivity contribution in [2.75, 3.05) is 26.9 Å². The number of ether oxygens (including phenoxy) is 2. The van der Waals surface area contributed by atoms with Gasteiger partial charge >= 0.3 is 0 Å². The Bertz CT molecular complexity index is 390. The molecule has 0 spiro atoms. The Hall–Kier alpha value is -0.520. The first-order chi connectivity index (χ1) is 9.02. The lowest BCUT2D eigenvalue weighted by molar-refractivity contribution is 0.0973. The molecule has 2 N–H and O–H groups in total. The van der Waals surface area contributed by atoms with Crippen LogP contribution >= 0.6 is 23.2 Å². The van der Waals surface area contributed by atoms with Gasteiger partial charge in [-0.1, -0.05) is 23.2 Å². The summed E-state index contributed by atoms with van der Waals surface area (Å²) in [5, 5.41) is 13.9. The smallest absolute Gasteiger partial charge is 0.139 e. The van der Waals surface area contributed by atoms with Crippen molar-refractivity contribution in [3.05, 3.63) is 28.2 Å². The van der Waals surface area contributed by atoms with Crippen molar-refractivity contribution in [2.24, 2.45) is 0 Å². The molecule has 0 radical (unpaired) electrons. The predicted molar refractivity (Wildman–Crippen MR) is 77.3 cm³/mol. The van der Waals surface area contributed by atoms with Gasteiger partial charge in [-0.2, -0.15) is 0 Å². The van der Waals surface area contributed by atoms with Crippen LogP contribution in [0, 0.1) is 0 Å². The van der Waals surface area contributed by atoms with Crippen molar-refractivity contribution in [1.82, 2.24) is 5.32 Å². The van der Waals surface area contributed by atoms with Crippen LogP contribution in [0.2, 0.25) is 10.0 Å². The van der Waals surface area contributed by atoms with E-state index < -0.39 is 6.10 Å². The number of nitrogens with one attached hydrogen (secondary N) is 1. The van der Waals surface area contributed by atoms with Crippen molar-refractivity contribution in [2.45, 2.75) is 19.1 Å². The second kappa shape index (κ2) is 8.61. The monoisotopic (exact) mass is 307 g/mol. The molecule has 1 aromatic rings. The highest BCUT2D eigenvalue weighted by Crippen LogP contribution is 2.27. The molecule has 0 heterocycles. The van der Waals surface area contributed by atoms with E-state index in [1.807, 2.05) is 6.92 Å². The molecule has 0 aliphatic carbocycles. The van der Waals surface area contributed by atoms with E-state index in [9.17, 15) is 5.11 Å². The van der Waals surface area contributed by atoms with Gasteiger partial charge in [-0.05, 0) is 19.1 Å². The predicted octanol–water partition coefficient (Wildman–Crippen LogP) is 2.36. The molecule has 0 amide bonds. The molecule has 1 aromatic carbocycles. The Morgan fingerprint density at radius 3 is 2.74 bits per heavy atom. The van der Waals surface area contributed by atoms with Crippen molar-refractivity contribution in [1.29, 1.82) is 0 Å². The van der Waals surface area contributed by atoms with Crippen molar-refractivity contribution < 1.29 is 14.6 Å². The molecular weight excluding hydrogens is 289 g/mol. The first-order valence-electron chi connectivity index (χ1n) is 6.01. The zero-order valence-electron chi connectivity index (χ0n) is 11.0. The van der Waals surface area contributed by atoms with Gasteiger partial charge in [0.15, 0.2) is 0 Å². The third-order valence-corrected chi connectivity index (χ3v) is 2.99. The normalized spacial score (nSPS) is 14.2. The fourth-order valence-electron chi connectivity index (χ4n) is 1.48. The van der Waals surface area contributed by atoms with Crippen LogP contribution in [0.5, 0.6) is 5.75 Å². The summed E-state index contributed by atoms with van der Waals surface area (Å²) in [4.78, 5) is 0. The van der Waals surface area contributed by atoms with Crippen LogP contribution in [0.25, 0.3) is 0 Å². The molecule has 0 saturated heterocycles. The van der Waals surface area contributed by atoms with Gasteiger partial charge in [0.1, 0.15) is 18.5 Å². The minimum absolute atomic E-state index is 0.146. The Kier molecular flexibility index (Phi) is 7.49. The lowest BCUT2D eigenvalue weighted by Gasteiger charge is -2.17. The van der Waals surface area contributed by atoms with E-state index in [2.05, 4.69) is 5.32 Å². The lowest BCUT2D eigenvalue weighted by atomic mass is 10.3. The molecule has 0 aromatic heterocycles. The van der Waals surface area contributed by atoms with Gasteiger partial charge in [0.05, 0.1) is 11.6 Å². The molecule has 2 atom stereocenters. The van der Waals surface area contributed by atoms with E-state index in [1.54, 1.807) is 25.3 Å². The van der Waals surface area contributed by atoms with Crippen molar-refractivity contribution in [3.63, 3.8) is 0 Å². The molecule has 0 aliphatic heterocycles. The molecule has 0 aliphatic rings. The van der Waals surface area contributed by atoms with E-state index in [1.165, 1.54) is 0 Å². The number of halogens is 2. The van der Waals surface area contributed by atoms with E-state index in [0.29, 0.717) is 28.9 Å². The van der Waals surface area contributed by atoms with Crippen molar-refractivity contribution >= 4 is 23.2 Å². The second-order valence-corrected chi connectivity index (χ2v) is 5.15. The van der Waals surface area contributed by atoms with Crippen LogP contribution in [0.3, 0.4) is 0 Å². The fourth-order valence-corrected chi connectivity index (χ4v) is 1.81. The molecule has 4 nitrogen and oxygen atoms in total. The Labute approximate surface area is 123 Å². The van der Waals surface area contributed by atoms with Gasteiger partial charge in [0.25, 0.3) is 0 Å². The average molecular weight is 308 g/mol. The quantitative estimate of drug-likeness (QED) is 0.774. The third kappa shape index (κ3) is 6.45. The van der Waals surface area contributed by atoms with Crippen molar-refractivity contribution in [3.8, 4) is 5.75 Å². The van der Waals surface area contributed by atoms with Crippen LogP contribution in [0.4, 0.5) is 0 Å². The molecule has 108 valence electrons. The molecule has 0 saturated carbocycles. The van der Waals surface area contributed by atoms with Crippen LogP contribution in [-0.2, 0) is 4.74 Å². The molecule has 6 heteroatoms. The number of hydrogen-bond donors (Lipinski definition) is 2. The minimum atomic E-state index is -0.630. The largest absolute Gasteiger partial charge is 0.489 e. The SMILES string of the molecule is COC[C@@H](C)NC[C@H](O)COc1cc(Cl)ccc1Cl. The van der Waals surface area contributed by atoms with Gasteiger partial charge < -0.3 is 19.9 Å². The summed E-state index contributed by atoms with van der Waals surface area (Å²) in [6.07, 6.45) is -0.630. The molecule has 19 heavy (non-hydrogen) atoms. The molecule has 0 fully saturated rings. The van der Waals surface area contributed by atoms with Crippen LogP contribution in [-0.4, -0.2) is 44.1 Å². The van der Waals surface area contributed by atoms with E-state index >= 15 is 0 Å². The highest BCUT2D eigenvalue weighted by molar-refractivity contribution is 6.34. The van der Waals surface area contributed by atoms with Gasteiger partial charge in [-0.3, -0.25) is 0 Å². The number of rotatable bonds is 8. The first-order valence-corrected chi connectivity index (χ1v) is 6.76. The summed E-state index contributed by atoms with van der Waals surface area (Å²) >= 11 is 11.8. The Balaban J connectivity index is 2.33. The number of aliphatic hydroxyl groups is 1. The van der Waals surface area contributed by atoms with Gasteiger partial charge in [0, 0.05) is 30.8 Å². The summed E-state index contributed by atoms with van der Waals surface area (Å²) < 4.78 is 10.4. The molecular formula is C13H19Cl2NO3. The van der Waals surface area contributed by atoms with Gasteiger partial charge in [0.2, 0.25) is 0 Å². The molecule has 0 bridgehead atoms. The summed E-state index contributed by atoms with van der Waals surface area (Å²) in [7, 11) is 1.64. The summed E-state index contributed by atoms with van der Waals surface area (Å²) in [5.41, 5.74) is 0. The maximum Gasteiger partial charge on any atom is 0.139 e. The topological polar surface area (TPSA) is 50.7 Å². The fraction of sp³-hybridized carbons (Fsp3) is 0.538. The standard InChI is InChI=1S/C13H19Cl2NO3/c1-9(7-18-2)16-6-11(17)8-19-13-5-10(14)3-4-12(13)15/h3-5,9,11,16-17H,6-8H2,1-2H3/t9-,11+/m1/s1. The van der Waals surface area contributed by atoms with E-state index in [-0.39, 0.29) is 12.6 Å². The van der Waals surface area contributed by atoms with Gasteiger partial charge in [-0.15, -0.1) is 0 Å². The number of methoxy groups -OCH3 is 1. The maximum absolute atomic E-state index is 9.78. The Morgan fingerprint density at radius 1 is 1.32 bits per heavy atom. The average Bonchev–Trinajstić information content (AvgIpc) is 2.38. The second-order valence-electron chi connectivity index (χ2n) is 4.30. The molecule has 1 rings (SSSR count). The number of aliphatic hydroxyl groups excluding tert-OH is 1. The van der Waals surface area contributed by atoms with E-state index in [4.69, 9.17) is 32.7 Å². The highest BCUT2D eigenvalue weighted by atomic mass is 35.5. The summed E-state index contributed by atoms with van der Waals surface area (Å²) in [6.45, 7) is 3.13. The third-order valence-electron chi connectivity index (χ3n) is 2.44. The zero-order chi connectivity index (χ0) is 14.3. The minimum Gasteiger partial charge on any atom is -0.489 e. The van der Waals surface area contributed by atoms with Gasteiger partial charge in [-0.25, -0.2) is 0 Å².